The van der Waals surface area contributed by atoms with E-state index in [2.05, 4.69) is 15.4 Å². The molecule has 1 atom stereocenters. The Morgan fingerprint density at radius 1 is 1.31 bits per heavy atom. The second kappa shape index (κ2) is 6.44. The second-order valence-corrected chi connectivity index (χ2v) is 3.87. The topological polar surface area (TPSA) is 76.7 Å². The number of Topliss-reactive ketones (excluding diaryl/α,β-unsaturated/α-hetero) is 1. The van der Waals surface area contributed by atoms with Crippen molar-refractivity contribution in [1.82, 2.24) is 10.6 Å². The lowest BCUT2D eigenvalue weighted by Crippen LogP contribution is -2.56. The van der Waals surface area contributed by atoms with Gasteiger partial charge in [0.2, 0.25) is 0 Å². The fourth-order valence-corrected chi connectivity index (χ4v) is 1.21. The largest absolute Gasteiger partial charge is 0.453 e. The molecule has 0 aliphatic carbocycles. The van der Waals surface area contributed by atoms with Crippen molar-refractivity contribution < 1.29 is 19.1 Å². The Morgan fingerprint density at radius 3 is 2.25 bits per heavy atom. The third-order valence-electron chi connectivity index (χ3n) is 2.34. The van der Waals surface area contributed by atoms with Gasteiger partial charge in [0.1, 0.15) is 6.04 Å². The highest BCUT2D eigenvalue weighted by molar-refractivity contribution is 5.90. The van der Waals surface area contributed by atoms with E-state index in [0.717, 1.165) is 0 Å². The van der Waals surface area contributed by atoms with Crippen LogP contribution in [0.3, 0.4) is 0 Å². The molecule has 0 bridgehead atoms. The van der Waals surface area contributed by atoms with Gasteiger partial charge in [-0.25, -0.2) is 4.79 Å². The third kappa shape index (κ3) is 4.16. The lowest BCUT2D eigenvalue weighted by atomic mass is 9.94. The number of carbonyl (C=O) groups is 2. The van der Waals surface area contributed by atoms with Crippen molar-refractivity contribution in [2.75, 3.05) is 27.8 Å². The molecule has 0 saturated carbocycles. The van der Waals surface area contributed by atoms with Gasteiger partial charge in [-0.1, -0.05) is 0 Å². The van der Waals surface area contributed by atoms with Crippen LogP contribution < -0.4 is 10.6 Å². The molecule has 0 aliphatic rings. The zero-order valence-corrected chi connectivity index (χ0v) is 10.4. The summed E-state index contributed by atoms with van der Waals surface area (Å²) >= 11 is 0. The van der Waals surface area contributed by atoms with Gasteiger partial charge in [-0.2, -0.15) is 0 Å². The molecule has 16 heavy (non-hydrogen) atoms. The Bertz CT molecular complexity index is 253. The zero-order valence-electron chi connectivity index (χ0n) is 10.4. The molecule has 6 nitrogen and oxygen atoms in total. The van der Waals surface area contributed by atoms with Crippen molar-refractivity contribution in [1.29, 1.82) is 0 Å². The fraction of sp³-hybridized carbons (Fsp3) is 0.800. The SMILES string of the molecule is CNCC(=O)C(NC(=O)OC)C(C)(C)OC. The number of methoxy groups -OCH3 is 2. The van der Waals surface area contributed by atoms with Crippen LogP contribution >= 0.6 is 0 Å². The molecular formula is C10H20N2O4. The molecule has 0 aliphatic heterocycles. The molecule has 0 aromatic carbocycles. The summed E-state index contributed by atoms with van der Waals surface area (Å²) in [4.78, 5) is 22.9. The van der Waals surface area contributed by atoms with Gasteiger partial charge in [-0.15, -0.1) is 0 Å². The number of ether oxygens (including phenoxy) is 2. The van der Waals surface area contributed by atoms with Crippen LogP contribution in [0.5, 0.6) is 0 Å². The Balaban J connectivity index is 4.76. The summed E-state index contributed by atoms with van der Waals surface area (Å²) in [7, 11) is 4.39. The molecule has 94 valence electrons. The Kier molecular flexibility index (Phi) is 5.98. The maximum Gasteiger partial charge on any atom is 0.407 e. The summed E-state index contributed by atoms with van der Waals surface area (Å²) in [5.41, 5.74) is -0.790. The van der Waals surface area contributed by atoms with Crippen molar-refractivity contribution in [3.05, 3.63) is 0 Å². The van der Waals surface area contributed by atoms with Gasteiger partial charge < -0.3 is 20.1 Å². The molecule has 1 unspecified atom stereocenters. The highest BCUT2D eigenvalue weighted by Gasteiger charge is 2.36. The first-order valence-corrected chi connectivity index (χ1v) is 4.96. The molecule has 0 fully saturated rings. The Hall–Kier alpha value is -1.14. The summed E-state index contributed by atoms with van der Waals surface area (Å²) < 4.78 is 9.66. The maximum atomic E-state index is 11.8. The Labute approximate surface area is 95.7 Å². The van der Waals surface area contributed by atoms with Crippen LogP contribution in [-0.4, -0.2) is 51.3 Å². The van der Waals surface area contributed by atoms with E-state index < -0.39 is 17.7 Å². The maximum absolute atomic E-state index is 11.8. The van der Waals surface area contributed by atoms with Crippen molar-refractivity contribution in [2.45, 2.75) is 25.5 Å². The van der Waals surface area contributed by atoms with E-state index in [0.29, 0.717) is 0 Å². The summed E-state index contributed by atoms with van der Waals surface area (Å²) in [5, 5.41) is 5.20. The lowest BCUT2D eigenvalue weighted by Gasteiger charge is -2.32. The van der Waals surface area contributed by atoms with E-state index in [4.69, 9.17) is 4.74 Å². The van der Waals surface area contributed by atoms with Gasteiger partial charge in [-0.3, -0.25) is 4.79 Å². The minimum atomic E-state index is -0.790. The standard InChI is InChI=1S/C10H20N2O4/c1-10(2,16-5)8(7(13)6-11-3)12-9(14)15-4/h8,11H,6H2,1-5H3,(H,12,14). The van der Waals surface area contributed by atoms with Crippen LogP contribution in [-0.2, 0) is 14.3 Å². The number of alkyl carbamates (subject to hydrolysis) is 1. The number of hydrogen-bond acceptors (Lipinski definition) is 5. The fourth-order valence-electron chi connectivity index (χ4n) is 1.21. The van der Waals surface area contributed by atoms with Crippen LogP contribution in [0.25, 0.3) is 0 Å². The monoisotopic (exact) mass is 232 g/mol. The zero-order chi connectivity index (χ0) is 12.8. The van der Waals surface area contributed by atoms with E-state index in [1.165, 1.54) is 14.2 Å². The van der Waals surface area contributed by atoms with E-state index in [1.54, 1.807) is 20.9 Å². The average molecular weight is 232 g/mol. The molecule has 2 N–H and O–H groups in total. The summed E-state index contributed by atoms with van der Waals surface area (Å²) in [6, 6.07) is -0.752. The smallest absolute Gasteiger partial charge is 0.407 e. The van der Waals surface area contributed by atoms with Crippen LogP contribution in [0.15, 0.2) is 0 Å². The first kappa shape index (κ1) is 14.9. The predicted octanol–water partition coefficient (Wildman–Crippen LogP) is -0.0755. The van der Waals surface area contributed by atoms with E-state index >= 15 is 0 Å². The number of likely N-dealkylation sites (N-methyl/N-ethyl adjacent to an activating group) is 1. The third-order valence-corrected chi connectivity index (χ3v) is 2.34. The molecule has 0 radical (unpaired) electrons. The minimum Gasteiger partial charge on any atom is -0.453 e. The number of carbonyl (C=O) groups excluding carboxylic acids is 2. The van der Waals surface area contributed by atoms with Crippen LogP contribution in [0.1, 0.15) is 13.8 Å². The molecule has 6 heteroatoms. The molecule has 0 heterocycles. The van der Waals surface area contributed by atoms with Gasteiger partial charge in [0.25, 0.3) is 0 Å². The summed E-state index contributed by atoms with van der Waals surface area (Å²) in [5.74, 6) is -0.167. The normalized spacial score (nSPS) is 13.1. The Morgan fingerprint density at radius 2 is 1.88 bits per heavy atom. The molecule has 0 aromatic heterocycles. The molecule has 0 saturated heterocycles. The summed E-state index contributed by atoms with van der Waals surface area (Å²) in [6.45, 7) is 3.60. The van der Waals surface area contributed by atoms with E-state index in [-0.39, 0.29) is 12.3 Å². The van der Waals surface area contributed by atoms with Gasteiger partial charge >= 0.3 is 6.09 Å². The average Bonchev–Trinajstić information content (AvgIpc) is 2.25. The quantitative estimate of drug-likeness (QED) is 0.670. The molecular weight excluding hydrogens is 212 g/mol. The molecule has 0 aromatic rings. The molecule has 0 rings (SSSR count). The van der Waals surface area contributed by atoms with Crippen LogP contribution in [0.2, 0.25) is 0 Å². The van der Waals surface area contributed by atoms with E-state index in [1.807, 2.05) is 0 Å². The first-order valence-electron chi connectivity index (χ1n) is 4.96. The van der Waals surface area contributed by atoms with Crippen molar-refractivity contribution in [2.24, 2.45) is 0 Å². The highest BCUT2D eigenvalue weighted by atomic mass is 16.5. The number of ketones is 1. The second-order valence-electron chi connectivity index (χ2n) is 3.87. The number of rotatable bonds is 6. The molecule has 1 amide bonds. The number of hydrogen-bond donors (Lipinski definition) is 2. The first-order chi connectivity index (χ1) is 7.38. The van der Waals surface area contributed by atoms with Gasteiger partial charge in [0.05, 0.1) is 19.3 Å². The molecule has 0 spiro atoms. The van der Waals surface area contributed by atoms with Crippen molar-refractivity contribution in [3.63, 3.8) is 0 Å². The van der Waals surface area contributed by atoms with Gasteiger partial charge in [0, 0.05) is 7.11 Å². The lowest BCUT2D eigenvalue weighted by molar-refractivity contribution is -0.127. The van der Waals surface area contributed by atoms with Gasteiger partial charge in [0.15, 0.2) is 5.78 Å². The van der Waals surface area contributed by atoms with Crippen LogP contribution in [0.4, 0.5) is 4.79 Å². The van der Waals surface area contributed by atoms with Gasteiger partial charge in [-0.05, 0) is 20.9 Å². The summed E-state index contributed by atoms with van der Waals surface area (Å²) in [6.07, 6.45) is -0.653. The van der Waals surface area contributed by atoms with E-state index in [9.17, 15) is 9.59 Å². The highest BCUT2D eigenvalue weighted by Crippen LogP contribution is 2.14. The van der Waals surface area contributed by atoms with Crippen LogP contribution in [0, 0.1) is 0 Å². The number of nitrogens with one attached hydrogen (secondary N) is 2. The predicted molar refractivity (Wildman–Crippen MR) is 59.4 cm³/mol. The number of amides is 1. The minimum absolute atomic E-state index is 0.154. The van der Waals surface area contributed by atoms with Crippen molar-refractivity contribution in [3.8, 4) is 0 Å². The van der Waals surface area contributed by atoms with Crippen molar-refractivity contribution >= 4 is 11.9 Å².